The summed E-state index contributed by atoms with van der Waals surface area (Å²) in [6.07, 6.45) is 3.86. The third-order valence-corrected chi connectivity index (χ3v) is 4.85. The molecule has 1 saturated heterocycles. The molecular weight excluding hydrogens is 232 g/mol. The molecule has 1 amide bonds. The molecule has 92 valence electrons. The van der Waals surface area contributed by atoms with Crippen LogP contribution >= 0.6 is 11.3 Å². The number of amides is 1. The maximum absolute atomic E-state index is 12.0. The van der Waals surface area contributed by atoms with Gasteiger partial charge in [0.25, 0.3) is 0 Å². The molecule has 0 aromatic carbocycles. The monoisotopic (exact) mass is 250 g/mol. The Morgan fingerprint density at radius 2 is 2.41 bits per heavy atom. The SMILES string of the molecule is CCC1(CN2C(=O)CNC2c2ccsc2)CC1. The second kappa shape index (κ2) is 4.10. The highest BCUT2D eigenvalue weighted by Gasteiger charge is 2.45. The van der Waals surface area contributed by atoms with E-state index in [1.807, 2.05) is 4.90 Å². The lowest BCUT2D eigenvalue weighted by Crippen LogP contribution is -2.35. The van der Waals surface area contributed by atoms with E-state index in [9.17, 15) is 4.79 Å². The smallest absolute Gasteiger partial charge is 0.238 e. The Morgan fingerprint density at radius 1 is 1.59 bits per heavy atom. The number of carbonyl (C=O) groups is 1. The van der Waals surface area contributed by atoms with Gasteiger partial charge in [-0.1, -0.05) is 6.92 Å². The summed E-state index contributed by atoms with van der Waals surface area (Å²) >= 11 is 1.69. The number of hydrogen-bond acceptors (Lipinski definition) is 3. The fourth-order valence-corrected chi connectivity index (χ4v) is 3.29. The Balaban J connectivity index is 1.78. The summed E-state index contributed by atoms with van der Waals surface area (Å²) in [6.45, 7) is 3.65. The molecule has 1 unspecified atom stereocenters. The van der Waals surface area contributed by atoms with Gasteiger partial charge in [0.05, 0.1) is 6.54 Å². The second-order valence-electron chi connectivity index (χ2n) is 5.22. The molecule has 1 atom stereocenters. The van der Waals surface area contributed by atoms with Crippen LogP contribution in [0.5, 0.6) is 0 Å². The first kappa shape index (κ1) is 11.2. The van der Waals surface area contributed by atoms with Gasteiger partial charge in [0.1, 0.15) is 6.17 Å². The molecule has 1 aromatic rings. The molecule has 4 heteroatoms. The maximum atomic E-state index is 12.0. The summed E-state index contributed by atoms with van der Waals surface area (Å²) in [5, 5.41) is 7.52. The molecule has 0 spiro atoms. The molecule has 1 aliphatic heterocycles. The first-order valence-corrected chi connectivity index (χ1v) is 7.23. The molecule has 1 aromatic heterocycles. The molecular formula is C13H18N2OS. The molecule has 1 N–H and O–H groups in total. The van der Waals surface area contributed by atoms with Gasteiger partial charge in [-0.05, 0) is 47.1 Å². The van der Waals surface area contributed by atoms with Crippen LogP contribution in [0.1, 0.15) is 37.9 Å². The van der Waals surface area contributed by atoms with Crippen molar-refractivity contribution in [1.29, 1.82) is 0 Å². The van der Waals surface area contributed by atoms with E-state index in [1.54, 1.807) is 11.3 Å². The van der Waals surface area contributed by atoms with E-state index >= 15 is 0 Å². The highest BCUT2D eigenvalue weighted by atomic mass is 32.1. The minimum Gasteiger partial charge on any atom is -0.321 e. The standard InChI is InChI=1S/C13H18N2OS/c1-2-13(4-5-13)9-15-11(16)7-14-12(15)10-3-6-17-8-10/h3,6,8,12,14H,2,4-5,7,9H2,1H3. The van der Waals surface area contributed by atoms with Crippen LogP contribution < -0.4 is 5.32 Å². The normalized spacial score (nSPS) is 26.5. The summed E-state index contributed by atoms with van der Waals surface area (Å²) in [5.41, 5.74) is 1.66. The molecule has 3 nitrogen and oxygen atoms in total. The Labute approximate surface area is 106 Å². The Morgan fingerprint density at radius 3 is 3.00 bits per heavy atom. The van der Waals surface area contributed by atoms with Crippen LogP contribution in [0.25, 0.3) is 0 Å². The highest BCUT2D eigenvalue weighted by molar-refractivity contribution is 7.07. The van der Waals surface area contributed by atoms with Crippen molar-refractivity contribution < 1.29 is 4.79 Å². The average Bonchev–Trinajstić information content (AvgIpc) is 2.73. The van der Waals surface area contributed by atoms with Crippen molar-refractivity contribution >= 4 is 17.2 Å². The molecule has 17 heavy (non-hydrogen) atoms. The van der Waals surface area contributed by atoms with Gasteiger partial charge in [0.2, 0.25) is 5.91 Å². The second-order valence-corrected chi connectivity index (χ2v) is 6.00. The lowest BCUT2D eigenvalue weighted by atomic mass is 10.0. The lowest BCUT2D eigenvalue weighted by molar-refractivity contribution is -0.128. The van der Waals surface area contributed by atoms with Crippen LogP contribution in [0.2, 0.25) is 0 Å². The van der Waals surface area contributed by atoms with Gasteiger partial charge >= 0.3 is 0 Å². The fourth-order valence-electron chi connectivity index (χ4n) is 2.61. The van der Waals surface area contributed by atoms with E-state index in [2.05, 4.69) is 29.1 Å². The topological polar surface area (TPSA) is 32.3 Å². The van der Waals surface area contributed by atoms with E-state index < -0.39 is 0 Å². The van der Waals surface area contributed by atoms with Crippen LogP contribution in [0.3, 0.4) is 0 Å². The van der Waals surface area contributed by atoms with Gasteiger partial charge in [0, 0.05) is 6.54 Å². The van der Waals surface area contributed by atoms with Gasteiger partial charge in [-0.3, -0.25) is 10.1 Å². The summed E-state index contributed by atoms with van der Waals surface area (Å²) in [4.78, 5) is 14.0. The first-order chi connectivity index (χ1) is 8.24. The molecule has 1 aliphatic carbocycles. The van der Waals surface area contributed by atoms with E-state index in [1.165, 1.54) is 24.8 Å². The first-order valence-electron chi connectivity index (χ1n) is 6.29. The van der Waals surface area contributed by atoms with Gasteiger partial charge in [-0.2, -0.15) is 11.3 Å². The largest absolute Gasteiger partial charge is 0.321 e. The number of nitrogens with zero attached hydrogens (tertiary/aromatic N) is 1. The van der Waals surface area contributed by atoms with E-state index in [0.29, 0.717) is 12.0 Å². The highest BCUT2D eigenvalue weighted by Crippen LogP contribution is 2.50. The van der Waals surface area contributed by atoms with Crippen LogP contribution in [0, 0.1) is 5.41 Å². The van der Waals surface area contributed by atoms with E-state index in [4.69, 9.17) is 0 Å². The van der Waals surface area contributed by atoms with Crippen LogP contribution in [0.15, 0.2) is 16.8 Å². The predicted octanol–water partition coefficient (Wildman–Crippen LogP) is 2.37. The van der Waals surface area contributed by atoms with Gasteiger partial charge < -0.3 is 4.90 Å². The summed E-state index contributed by atoms with van der Waals surface area (Å²) < 4.78 is 0. The van der Waals surface area contributed by atoms with Crippen molar-refractivity contribution in [3.05, 3.63) is 22.4 Å². The Hall–Kier alpha value is -0.870. The van der Waals surface area contributed by atoms with Crippen LogP contribution in [-0.4, -0.2) is 23.9 Å². The molecule has 1 saturated carbocycles. The third kappa shape index (κ3) is 2.00. The average molecular weight is 250 g/mol. The van der Waals surface area contributed by atoms with Crippen LogP contribution in [-0.2, 0) is 4.79 Å². The fraction of sp³-hybridized carbons (Fsp3) is 0.615. The van der Waals surface area contributed by atoms with Crippen molar-refractivity contribution in [3.63, 3.8) is 0 Å². The maximum Gasteiger partial charge on any atom is 0.238 e. The molecule has 2 aliphatic rings. The van der Waals surface area contributed by atoms with E-state index in [-0.39, 0.29) is 12.1 Å². The molecule has 0 bridgehead atoms. The minimum atomic E-state index is 0.109. The predicted molar refractivity (Wildman–Crippen MR) is 68.7 cm³/mol. The zero-order chi connectivity index (χ0) is 11.9. The Bertz CT molecular complexity index is 411. The zero-order valence-corrected chi connectivity index (χ0v) is 10.9. The van der Waals surface area contributed by atoms with Crippen molar-refractivity contribution in [3.8, 4) is 0 Å². The molecule has 0 radical (unpaired) electrons. The van der Waals surface area contributed by atoms with Crippen molar-refractivity contribution in [2.75, 3.05) is 13.1 Å². The van der Waals surface area contributed by atoms with Crippen LogP contribution in [0.4, 0.5) is 0 Å². The number of carbonyl (C=O) groups excluding carboxylic acids is 1. The summed E-state index contributed by atoms with van der Waals surface area (Å²) in [6, 6.07) is 2.11. The van der Waals surface area contributed by atoms with Crippen molar-refractivity contribution in [2.45, 2.75) is 32.4 Å². The van der Waals surface area contributed by atoms with E-state index in [0.717, 1.165) is 6.54 Å². The van der Waals surface area contributed by atoms with Crippen molar-refractivity contribution in [1.82, 2.24) is 10.2 Å². The zero-order valence-electron chi connectivity index (χ0n) is 10.1. The Kier molecular flexibility index (Phi) is 2.71. The van der Waals surface area contributed by atoms with Gasteiger partial charge in [-0.25, -0.2) is 0 Å². The molecule has 2 heterocycles. The number of hydrogen-bond donors (Lipinski definition) is 1. The minimum absolute atomic E-state index is 0.109. The molecule has 2 fully saturated rings. The summed E-state index contributed by atoms with van der Waals surface area (Å²) in [5.74, 6) is 0.251. The quantitative estimate of drug-likeness (QED) is 0.889. The number of nitrogens with one attached hydrogen (secondary N) is 1. The third-order valence-electron chi connectivity index (χ3n) is 4.15. The van der Waals surface area contributed by atoms with Gasteiger partial charge in [-0.15, -0.1) is 0 Å². The number of thiophene rings is 1. The summed E-state index contributed by atoms with van der Waals surface area (Å²) in [7, 11) is 0. The lowest BCUT2D eigenvalue weighted by Gasteiger charge is -2.28. The number of rotatable bonds is 4. The molecule has 3 rings (SSSR count). The van der Waals surface area contributed by atoms with Gasteiger partial charge in [0.15, 0.2) is 0 Å². The van der Waals surface area contributed by atoms with Crippen molar-refractivity contribution in [2.24, 2.45) is 5.41 Å².